The van der Waals surface area contributed by atoms with E-state index in [1.54, 1.807) is 4.90 Å². The molecule has 1 atom stereocenters. The molecule has 1 aliphatic heterocycles. The number of amides is 2. The second-order valence-electron chi connectivity index (χ2n) is 6.37. The number of rotatable bonds is 6. The van der Waals surface area contributed by atoms with Gasteiger partial charge in [0.15, 0.2) is 0 Å². The third-order valence-electron chi connectivity index (χ3n) is 4.76. The van der Waals surface area contributed by atoms with E-state index in [1.807, 2.05) is 36.4 Å². The minimum Gasteiger partial charge on any atom is -0.370 e. The molecule has 0 aliphatic carbocycles. The van der Waals surface area contributed by atoms with Gasteiger partial charge in [0.25, 0.3) is 0 Å². The van der Waals surface area contributed by atoms with Crippen LogP contribution < -0.4 is 10.6 Å². The van der Waals surface area contributed by atoms with Gasteiger partial charge in [0.1, 0.15) is 0 Å². The fraction of sp³-hybridized carbons (Fsp3) is 0.368. The lowest BCUT2D eigenvalue weighted by Crippen LogP contribution is -2.45. The maximum absolute atomic E-state index is 12.9. The number of nitrogens with two attached hydrogens (primary N) is 1. The Hall–Kier alpha value is -2.60. The molecule has 1 aliphatic rings. The van der Waals surface area contributed by atoms with Crippen LogP contribution >= 0.6 is 0 Å². The average molecular weight is 340 g/mol. The first-order chi connectivity index (χ1) is 12.1. The molecule has 6 nitrogen and oxygen atoms in total. The number of anilines is 1. The molecule has 0 fully saturated rings. The number of carbonyl (C=O) groups excluding carboxylic acids is 2. The van der Waals surface area contributed by atoms with Crippen molar-refractivity contribution in [2.45, 2.75) is 25.9 Å². The van der Waals surface area contributed by atoms with Crippen molar-refractivity contribution >= 4 is 17.5 Å². The Kier molecular flexibility index (Phi) is 5.19. The predicted octanol–water partition coefficient (Wildman–Crippen LogP) is 1.77. The molecule has 3 rings (SSSR count). The molecule has 0 spiro atoms. The fourth-order valence-electron chi connectivity index (χ4n) is 3.33. The Bertz CT molecular complexity index is 741. The summed E-state index contributed by atoms with van der Waals surface area (Å²) in [5, 5.41) is 0. The molecule has 25 heavy (non-hydrogen) atoms. The molecular weight excluding hydrogens is 316 g/mol. The van der Waals surface area contributed by atoms with Gasteiger partial charge in [0.2, 0.25) is 11.8 Å². The minimum atomic E-state index is -0.405. The van der Waals surface area contributed by atoms with Crippen LogP contribution in [0.1, 0.15) is 25.1 Å². The van der Waals surface area contributed by atoms with Gasteiger partial charge in [-0.25, -0.2) is 0 Å². The van der Waals surface area contributed by atoms with Crippen molar-refractivity contribution in [3.8, 4) is 0 Å². The number of carbonyl (C=O) groups is 2. The smallest absolute Gasteiger partial charge is 0.241 e. The second kappa shape index (κ2) is 7.53. The van der Waals surface area contributed by atoms with Gasteiger partial charge in [-0.05, 0) is 31.2 Å². The van der Waals surface area contributed by atoms with E-state index in [0.717, 1.165) is 18.8 Å². The van der Waals surface area contributed by atoms with E-state index in [1.165, 1.54) is 5.69 Å². The summed E-state index contributed by atoms with van der Waals surface area (Å²) in [5.74, 6) is -0.419. The summed E-state index contributed by atoms with van der Waals surface area (Å²) in [6.45, 7) is 4.45. The molecule has 1 aromatic heterocycles. The van der Waals surface area contributed by atoms with Crippen molar-refractivity contribution in [3.63, 3.8) is 0 Å². The lowest BCUT2D eigenvalue weighted by molar-refractivity contribution is -0.120. The van der Waals surface area contributed by atoms with E-state index in [0.29, 0.717) is 13.1 Å². The van der Waals surface area contributed by atoms with Gasteiger partial charge in [-0.1, -0.05) is 18.2 Å². The Labute approximate surface area is 147 Å². The quantitative estimate of drug-likeness (QED) is 0.871. The van der Waals surface area contributed by atoms with E-state index < -0.39 is 5.91 Å². The third-order valence-corrected chi connectivity index (χ3v) is 4.76. The number of aromatic nitrogens is 1. The van der Waals surface area contributed by atoms with E-state index in [9.17, 15) is 9.59 Å². The Morgan fingerprint density at radius 2 is 1.92 bits per heavy atom. The Morgan fingerprint density at radius 3 is 2.64 bits per heavy atom. The zero-order chi connectivity index (χ0) is 17.8. The van der Waals surface area contributed by atoms with Crippen LogP contribution in [-0.2, 0) is 16.1 Å². The summed E-state index contributed by atoms with van der Waals surface area (Å²) >= 11 is 0. The first-order valence-corrected chi connectivity index (χ1v) is 8.59. The zero-order valence-corrected chi connectivity index (χ0v) is 14.5. The summed E-state index contributed by atoms with van der Waals surface area (Å²) in [6, 6.07) is 13.8. The summed E-state index contributed by atoms with van der Waals surface area (Å²) < 4.78 is 2.23. The molecule has 0 bridgehead atoms. The van der Waals surface area contributed by atoms with Gasteiger partial charge in [-0.3, -0.25) is 14.5 Å². The first-order valence-electron chi connectivity index (χ1n) is 8.59. The lowest BCUT2D eigenvalue weighted by Gasteiger charge is -2.35. The molecule has 132 valence electrons. The highest BCUT2D eigenvalue weighted by Gasteiger charge is 2.27. The maximum Gasteiger partial charge on any atom is 0.241 e. The van der Waals surface area contributed by atoms with Crippen LogP contribution in [-0.4, -0.2) is 40.9 Å². The highest BCUT2D eigenvalue weighted by molar-refractivity contribution is 5.95. The average Bonchev–Trinajstić information content (AvgIpc) is 3.08. The van der Waals surface area contributed by atoms with E-state index in [-0.39, 0.29) is 18.4 Å². The zero-order valence-electron chi connectivity index (χ0n) is 14.5. The number of nitrogens with zero attached hydrogens (tertiary/aromatic N) is 3. The number of hydrogen-bond acceptors (Lipinski definition) is 3. The Morgan fingerprint density at radius 1 is 1.16 bits per heavy atom. The molecule has 2 aromatic rings. The highest BCUT2D eigenvalue weighted by atomic mass is 16.2. The summed E-state index contributed by atoms with van der Waals surface area (Å²) in [5.41, 5.74) is 7.29. The van der Waals surface area contributed by atoms with Gasteiger partial charge in [0.05, 0.1) is 6.54 Å². The van der Waals surface area contributed by atoms with Crippen molar-refractivity contribution in [1.82, 2.24) is 9.47 Å². The van der Waals surface area contributed by atoms with Crippen LogP contribution in [0.25, 0.3) is 0 Å². The monoisotopic (exact) mass is 340 g/mol. The van der Waals surface area contributed by atoms with Crippen LogP contribution in [0.15, 0.2) is 48.7 Å². The number of hydrogen-bond donors (Lipinski definition) is 1. The molecule has 2 N–H and O–H groups in total. The molecule has 1 unspecified atom stereocenters. The topological polar surface area (TPSA) is 71.6 Å². The third kappa shape index (κ3) is 3.91. The summed E-state index contributed by atoms with van der Waals surface area (Å²) in [7, 11) is 0. The number of para-hydroxylation sites is 1. The molecule has 0 saturated heterocycles. The lowest BCUT2D eigenvalue weighted by atomic mass is 10.1. The minimum absolute atomic E-state index is 0.0145. The SMILES string of the molecule is CC1c2cccn2CCN1CC(=O)N(CCC(N)=O)c1ccccc1. The molecule has 2 heterocycles. The molecule has 0 saturated carbocycles. The van der Waals surface area contributed by atoms with Crippen LogP contribution in [0.4, 0.5) is 5.69 Å². The number of fused-ring (bicyclic) bond motifs is 1. The number of primary amides is 1. The van der Waals surface area contributed by atoms with E-state index >= 15 is 0 Å². The van der Waals surface area contributed by atoms with Gasteiger partial charge in [-0.2, -0.15) is 0 Å². The van der Waals surface area contributed by atoms with Gasteiger partial charge in [-0.15, -0.1) is 0 Å². The first kappa shape index (κ1) is 17.2. The van der Waals surface area contributed by atoms with Gasteiger partial charge < -0.3 is 15.2 Å². The summed E-state index contributed by atoms with van der Waals surface area (Å²) in [6.07, 6.45) is 2.23. The molecule has 1 aromatic carbocycles. The van der Waals surface area contributed by atoms with Crippen molar-refractivity contribution in [2.75, 3.05) is 24.5 Å². The van der Waals surface area contributed by atoms with Gasteiger partial charge >= 0.3 is 0 Å². The van der Waals surface area contributed by atoms with Gasteiger partial charge in [0, 0.05) is 49.7 Å². The largest absolute Gasteiger partial charge is 0.370 e. The van der Waals surface area contributed by atoms with Crippen molar-refractivity contribution in [3.05, 3.63) is 54.4 Å². The normalized spacial score (nSPS) is 17.1. The van der Waals surface area contributed by atoms with Crippen LogP contribution in [0.2, 0.25) is 0 Å². The predicted molar refractivity (Wildman–Crippen MR) is 97.0 cm³/mol. The van der Waals surface area contributed by atoms with Crippen molar-refractivity contribution < 1.29 is 9.59 Å². The fourth-order valence-corrected chi connectivity index (χ4v) is 3.33. The maximum atomic E-state index is 12.9. The van der Waals surface area contributed by atoms with Crippen molar-refractivity contribution in [2.24, 2.45) is 5.73 Å². The highest BCUT2D eigenvalue weighted by Crippen LogP contribution is 2.25. The van der Waals surface area contributed by atoms with Crippen LogP contribution in [0.5, 0.6) is 0 Å². The van der Waals surface area contributed by atoms with Crippen LogP contribution in [0, 0.1) is 0 Å². The molecule has 6 heteroatoms. The number of benzene rings is 1. The summed E-state index contributed by atoms with van der Waals surface area (Å²) in [4.78, 5) is 28.0. The Balaban J connectivity index is 1.73. The van der Waals surface area contributed by atoms with Crippen molar-refractivity contribution in [1.29, 1.82) is 0 Å². The standard InChI is InChI=1S/C19H24N4O2/c1-15-17-8-5-10-21(17)12-13-22(15)14-19(25)23(11-9-18(20)24)16-6-3-2-4-7-16/h2-8,10,15H,9,11-14H2,1H3,(H2,20,24). The van der Waals surface area contributed by atoms with E-state index in [4.69, 9.17) is 5.73 Å². The van der Waals surface area contributed by atoms with Crippen LogP contribution in [0.3, 0.4) is 0 Å². The second-order valence-corrected chi connectivity index (χ2v) is 6.37. The van der Waals surface area contributed by atoms with E-state index in [2.05, 4.69) is 28.7 Å². The molecule has 0 radical (unpaired) electrons. The molecular formula is C19H24N4O2. The molecule has 2 amide bonds.